The van der Waals surface area contributed by atoms with Crippen molar-refractivity contribution in [3.05, 3.63) is 35.4 Å². The van der Waals surface area contributed by atoms with Gasteiger partial charge in [0.15, 0.2) is 0 Å². The zero-order valence-corrected chi connectivity index (χ0v) is 10.6. The molecule has 0 unspecified atom stereocenters. The minimum Gasteiger partial charge on any atom is -0.377 e. The van der Waals surface area contributed by atoms with Crippen molar-refractivity contribution < 1.29 is 4.74 Å². The largest absolute Gasteiger partial charge is 0.377 e. The summed E-state index contributed by atoms with van der Waals surface area (Å²) in [7, 11) is 0. The number of hydrogen-bond donors (Lipinski definition) is 1. The van der Waals surface area contributed by atoms with Crippen LogP contribution in [0, 0.1) is 5.92 Å². The normalized spacial score (nSPS) is 36.1. The Labute approximate surface area is 103 Å². The summed E-state index contributed by atoms with van der Waals surface area (Å²) in [6.07, 6.45) is 2.71. The maximum Gasteiger partial charge on any atom is 0.0700 e. The Morgan fingerprint density at radius 3 is 2.82 bits per heavy atom. The second kappa shape index (κ2) is 4.43. The fourth-order valence-corrected chi connectivity index (χ4v) is 3.23. The van der Waals surface area contributed by atoms with Crippen molar-refractivity contribution >= 4 is 0 Å². The molecule has 1 aromatic rings. The van der Waals surface area contributed by atoms with E-state index in [-0.39, 0.29) is 0 Å². The van der Waals surface area contributed by atoms with E-state index in [2.05, 4.69) is 43.4 Å². The molecule has 0 radical (unpaired) electrons. The van der Waals surface area contributed by atoms with E-state index >= 15 is 0 Å². The van der Waals surface area contributed by atoms with Crippen molar-refractivity contribution in [3.8, 4) is 0 Å². The van der Waals surface area contributed by atoms with Gasteiger partial charge in [-0.15, -0.1) is 0 Å². The van der Waals surface area contributed by atoms with Gasteiger partial charge in [0.1, 0.15) is 0 Å². The van der Waals surface area contributed by atoms with E-state index in [1.54, 1.807) is 0 Å². The first kappa shape index (κ1) is 11.2. The summed E-state index contributed by atoms with van der Waals surface area (Å²) in [5.74, 6) is 0.695. The number of hydrogen-bond acceptors (Lipinski definition) is 2. The van der Waals surface area contributed by atoms with Crippen LogP contribution in [0.4, 0.5) is 0 Å². The lowest BCUT2D eigenvalue weighted by Gasteiger charge is -2.25. The molecule has 3 rings (SSSR count). The summed E-state index contributed by atoms with van der Waals surface area (Å²) in [6.45, 7) is 5.43. The molecule has 1 heterocycles. The third-order valence-corrected chi connectivity index (χ3v) is 4.27. The van der Waals surface area contributed by atoms with Gasteiger partial charge in [-0.25, -0.2) is 0 Å². The summed E-state index contributed by atoms with van der Waals surface area (Å²) < 4.78 is 5.64. The number of nitrogens with one attached hydrogen (secondary N) is 1. The van der Waals surface area contributed by atoms with E-state index in [4.69, 9.17) is 4.74 Å². The first-order chi connectivity index (χ1) is 8.25. The molecule has 1 saturated heterocycles. The monoisotopic (exact) mass is 231 g/mol. The molecular formula is C15H21NO. The lowest BCUT2D eigenvalue weighted by atomic mass is 10.00. The first-order valence-corrected chi connectivity index (χ1v) is 6.71. The Hall–Kier alpha value is -0.860. The van der Waals surface area contributed by atoms with Gasteiger partial charge in [0.25, 0.3) is 0 Å². The van der Waals surface area contributed by atoms with Crippen LogP contribution in [0.25, 0.3) is 0 Å². The summed E-state index contributed by atoms with van der Waals surface area (Å²) in [5.41, 5.74) is 3.02. The quantitative estimate of drug-likeness (QED) is 0.845. The van der Waals surface area contributed by atoms with Crippen LogP contribution in [0.5, 0.6) is 0 Å². The van der Waals surface area contributed by atoms with Crippen LogP contribution in [0.3, 0.4) is 0 Å². The average Bonchev–Trinajstić information content (AvgIpc) is 2.85. The molecule has 1 aliphatic carbocycles. The van der Waals surface area contributed by atoms with Gasteiger partial charge < -0.3 is 10.1 Å². The molecule has 2 aliphatic rings. The average molecular weight is 231 g/mol. The summed E-state index contributed by atoms with van der Waals surface area (Å²) in [4.78, 5) is 0. The van der Waals surface area contributed by atoms with Crippen molar-refractivity contribution in [2.45, 2.75) is 44.9 Å². The van der Waals surface area contributed by atoms with E-state index < -0.39 is 0 Å². The standard InChI is InChI=1S/C15H21NO/c1-10-9-12-5-3-4-6-13(12)15(10)16-14-7-8-17-11(14)2/h3-6,10-11,14-16H,7-9H2,1-2H3/t10-,11-,14-,15-/m1/s1. The predicted molar refractivity (Wildman–Crippen MR) is 69.0 cm³/mol. The van der Waals surface area contributed by atoms with Crippen molar-refractivity contribution in [1.29, 1.82) is 0 Å². The van der Waals surface area contributed by atoms with Gasteiger partial charge >= 0.3 is 0 Å². The highest BCUT2D eigenvalue weighted by atomic mass is 16.5. The van der Waals surface area contributed by atoms with E-state index in [0.717, 1.165) is 13.0 Å². The Morgan fingerprint density at radius 2 is 2.06 bits per heavy atom. The molecule has 0 spiro atoms. The van der Waals surface area contributed by atoms with Gasteiger partial charge in [-0.05, 0) is 36.8 Å². The van der Waals surface area contributed by atoms with Crippen molar-refractivity contribution in [2.75, 3.05) is 6.61 Å². The van der Waals surface area contributed by atoms with Crippen molar-refractivity contribution in [3.63, 3.8) is 0 Å². The van der Waals surface area contributed by atoms with E-state index in [1.807, 2.05) is 0 Å². The van der Waals surface area contributed by atoms with Gasteiger partial charge in [-0.2, -0.15) is 0 Å². The summed E-state index contributed by atoms with van der Waals surface area (Å²) in [5, 5.41) is 3.81. The first-order valence-electron chi connectivity index (χ1n) is 6.71. The highest BCUT2D eigenvalue weighted by molar-refractivity contribution is 5.35. The molecule has 2 heteroatoms. The Morgan fingerprint density at radius 1 is 1.24 bits per heavy atom. The molecule has 92 valence electrons. The zero-order valence-electron chi connectivity index (χ0n) is 10.6. The number of fused-ring (bicyclic) bond motifs is 1. The minimum absolute atomic E-state index is 0.356. The highest BCUT2D eigenvalue weighted by Crippen LogP contribution is 2.36. The second-order valence-electron chi connectivity index (χ2n) is 5.50. The Balaban J connectivity index is 1.79. The molecule has 1 N–H and O–H groups in total. The van der Waals surface area contributed by atoms with Gasteiger partial charge in [0.2, 0.25) is 0 Å². The maximum atomic E-state index is 5.64. The van der Waals surface area contributed by atoms with Gasteiger partial charge in [0.05, 0.1) is 6.10 Å². The molecule has 0 amide bonds. The van der Waals surface area contributed by atoms with E-state index in [0.29, 0.717) is 24.1 Å². The summed E-state index contributed by atoms with van der Waals surface area (Å²) >= 11 is 0. The molecule has 4 atom stereocenters. The van der Waals surface area contributed by atoms with Crippen molar-refractivity contribution in [1.82, 2.24) is 5.32 Å². The highest BCUT2D eigenvalue weighted by Gasteiger charge is 2.33. The van der Waals surface area contributed by atoms with E-state index in [1.165, 1.54) is 17.5 Å². The maximum absolute atomic E-state index is 5.64. The van der Waals surface area contributed by atoms with Crippen LogP contribution in [-0.4, -0.2) is 18.8 Å². The molecule has 1 aliphatic heterocycles. The number of benzene rings is 1. The lowest BCUT2D eigenvalue weighted by molar-refractivity contribution is 0.109. The molecule has 2 nitrogen and oxygen atoms in total. The van der Waals surface area contributed by atoms with Crippen LogP contribution in [-0.2, 0) is 11.2 Å². The zero-order chi connectivity index (χ0) is 11.8. The summed E-state index contributed by atoms with van der Waals surface area (Å²) in [6, 6.07) is 9.88. The Kier molecular flexibility index (Phi) is 2.93. The van der Waals surface area contributed by atoms with E-state index in [9.17, 15) is 0 Å². The van der Waals surface area contributed by atoms with Crippen LogP contribution >= 0.6 is 0 Å². The SMILES string of the molecule is C[C@@H]1Cc2ccccc2[C@@H]1N[C@@H]1CCO[C@@H]1C. The second-order valence-corrected chi connectivity index (χ2v) is 5.50. The molecular weight excluding hydrogens is 210 g/mol. The third-order valence-electron chi connectivity index (χ3n) is 4.27. The predicted octanol–water partition coefficient (Wildman–Crippen LogP) is 2.69. The number of rotatable bonds is 2. The molecule has 17 heavy (non-hydrogen) atoms. The van der Waals surface area contributed by atoms with Crippen LogP contribution in [0.1, 0.15) is 37.4 Å². The lowest BCUT2D eigenvalue weighted by Crippen LogP contribution is -2.38. The van der Waals surface area contributed by atoms with Crippen LogP contribution in [0.2, 0.25) is 0 Å². The fourth-order valence-electron chi connectivity index (χ4n) is 3.23. The third kappa shape index (κ3) is 2.00. The molecule has 0 aromatic heterocycles. The Bertz CT molecular complexity index is 404. The molecule has 0 bridgehead atoms. The molecule has 0 saturated carbocycles. The van der Waals surface area contributed by atoms with Crippen LogP contribution < -0.4 is 5.32 Å². The smallest absolute Gasteiger partial charge is 0.0700 e. The molecule has 1 aromatic carbocycles. The van der Waals surface area contributed by atoms with Gasteiger partial charge in [-0.1, -0.05) is 31.2 Å². The topological polar surface area (TPSA) is 21.3 Å². The van der Waals surface area contributed by atoms with Gasteiger partial charge in [0, 0.05) is 18.7 Å². The fraction of sp³-hybridized carbons (Fsp3) is 0.600. The van der Waals surface area contributed by atoms with Crippen molar-refractivity contribution in [2.24, 2.45) is 5.92 Å². The van der Waals surface area contributed by atoms with Crippen LogP contribution in [0.15, 0.2) is 24.3 Å². The minimum atomic E-state index is 0.356. The van der Waals surface area contributed by atoms with Gasteiger partial charge in [-0.3, -0.25) is 0 Å². The number of ether oxygens (including phenoxy) is 1. The molecule has 1 fully saturated rings.